The Bertz CT molecular complexity index is 478. The summed E-state index contributed by atoms with van der Waals surface area (Å²) in [5, 5.41) is 6.65. The van der Waals surface area contributed by atoms with Crippen molar-refractivity contribution in [3.8, 4) is 0 Å². The second-order valence-corrected chi connectivity index (χ2v) is 6.21. The standard InChI is InChI=1S/C16H20ClNS/c1-3-5-15(13-7-9-14(17)10-8-13)18-12(2)16-6-4-11-19-16/h4,6-12,15,18H,3,5H2,1-2H3/t12-,15?/m0/s1. The van der Waals surface area contributed by atoms with Gasteiger partial charge in [0.1, 0.15) is 0 Å². The van der Waals surface area contributed by atoms with E-state index in [0.29, 0.717) is 12.1 Å². The summed E-state index contributed by atoms with van der Waals surface area (Å²) in [6.07, 6.45) is 2.30. The molecule has 0 fully saturated rings. The molecule has 19 heavy (non-hydrogen) atoms. The van der Waals surface area contributed by atoms with Crippen LogP contribution < -0.4 is 5.32 Å². The number of benzene rings is 1. The van der Waals surface area contributed by atoms with Crippen LogP contribution in [0.3, 0.4) is 0 Å². The molecule has 0 bridgehead atoms. The summed E-state index contributed by atoms with van der Waals surface area (Å²) < 4.78 is 0. The van der Waals surface area contributed by atoms with Crippen LogP contribution in [0.1, 0.15) is 49.2 Å². The van der Waals surface area contributed by atoms with Crippen molar-refractivity contribution in [2.45, 2.75) is 38.8 Å². The highest BCUT2D eigenvalue weighted by Gasteiger charge is 2.15. The lowest BCUT2D eigenvalue weighted by atomic mass is 10.0. The predicted molar refractivity (Wildman–Crippen MR) is 85.0 cm³/mol. The molecule has 1 aromatic heterocycles. The van der Waals surface area contributed by atoms with E-state index in [9.17, 15) is 0 Å². The zero-order valence-corrected chi connectivity index (χ0v) is 13.0. The first-order valence-electron chi connectivity index (χ1n) is 6.75. The fourth-order valence-electron chi connectivity index (χ4n) is 2.25. The average Bonchev–Trinajstić information content (AvgIpc) is 2.93. The molecule has 0 amide bonds. The van der Waals surface area contributed by atoms with Crippen molar-refractivity contribution >= 4 is 22.9 Å². The van der Waals surface area contributed by atoms with Gasteiger partial charge in [0.05, 0.1) is 0 Å². The summed E-state index contributed by atoms with van der Waals surface area (Å²) >= 11 is 7.77. The summed E-state index contributed by atoms with van der Waals surface area (Å²) in [6, 6.07) is 13.2. The quantitative estimate of drug-likeness (QED) is 0.731. The first-order valence-corrected chi connectivity index (χ1v) is 8.01. The van der Waals surface area contributed by atoms with Gasteiger partial charge < -0.3 is 5.32 Å². The molecule has 0 spiro atoms. The van der Waals surface area contributed by atoms with Gasteiger partial charge in [-0.3, -0.25) is 0 Å². The molecule has 0 aliphatic heterocycles. The molecule has 102 valence electrons. The molecule has 0 aliphatic carbocycles. The number of hydrogen-bond acceptors (Lipinski definition) is 2. The summed E-state index contributed by atoms with van der Waals surface area (Å²) in [6.45, 7) is 4.45. The van der Waals surface area contributed by atoms with Crippen LogP contribution in [0, 0.1) is 0 Å². The SMILES string of the molecule is CCCC(N[C@@H](C)c1cccs1)c1ccc(Cl)cc1. The van der Waals surface area contributed by atoms with Crippen LogP contribution in [0.15, 0.2) is 41.8 Å². The summed E-state index contributed by atoms with van der Waals surface area (Å²) in [5.74, 6) is 0. The van der Waals surface area contributed by atoms with Gasteiger partial charge in [0, 0.05) is 22.0 Å². The van der Waals surface area contributed by atoms with E-state index in [0.717, 1.165) is 17.9 Å². The maximum atomic E-state index is 5.96. The van der Waals surface area contributed by atoms with Crippen molar-refractivity contribution in [2.75, 3.05) is 0 Å². The average molecular weight is 294 g/mol. The number of thiophene rings is 1. The highest BCUT2D eigenvalue weighted by atomic mass is 35.5. The van der Waals surface area contributed by atoms with Crippen LogP contribution in [-0.2, 0) is 0 Å². The Morgan fingerprint density at radius 2 is 1.95 bits per heavy atom. The molecular weight excluding hydrogens is 274 g/mol. The molecule has 0 saturated carbocycles. The van der Waals surface area contributed by atoms with Crippen LogP contribution in [-0.4, -0.2) is 0 Å². The van der Waals surface area contributed by atoms with Gasteiger partial charge in [-0.25, -0.2) is 0 Å². The van der Waals surface area contributed by atoms with E-state index in [4.69, 9.17) is 11.6 Å². The van der Waals surface area contributed by atoms with Crippen molar-refractivity contribution < 1.29 is 0 Å². The number of halogens is 1. The highest BCUT2D eigenvalue weighted by Crippen LogP contribution is 2.26. The third-order valence-electron chi connectivity index (χ3n) is 3.27. The van der Waals surface area contributed by atoms with Gasteiger partial charge in [-0.1, -0.05) is 43.1 Å². The maximum Gasteiger partial charge on any atom is 0.0406 e. The smallest absolute Gasteiger partial charge is 0.0406 e. The third kappa shape index (κ3) is 4.07. The van der Waals surface area contributed by atoms with Crippen LogP contribution >= 0.6 is 22.9 Å². The Morgan fingerprint density at radius 1 is 1.21 bits per heavy atom. The molecule has 0 saturated heterocycles. The van der Waals surface area contributed by atoms with E-state index >= 15 is 0 Å². The molecule has 1 unspecified atom stereocenters. The first kappa shape index (κ1) is 14.6. The molecular formula is C16H20ClNS. The van der Waals surface area contributed by atoms with Gasteiger partial charge in [-0.15, -0.1) is 11.3 Å². The van der Waals surface area contributed by atoms with Crippen molar-refractivity contribution in [1.29, 1.82) is 0 Å². The van der Waals surface area contributed by atoms with Crippen molar-refractivity contribution in [2.24, 2.45) is 0 Å². The first-order chi connectivity index (χ1) is 9.20. The fraction of sp³-hybridized carbons (Fsp3) is 0.375. The van der Waals surface area contributed by atoms with Crippen LogP contribution in [0.5, 0.6) is 0 Å². The second kappa shape index (κ2) is 7.09. The largest absolute Gasteiger partial charge is 0.303 e. The van der Waals surface area contributed by atoms with Gasteiger partial charge in [0.25, 0.3) is 0 Å². The summed E-state index contributed by atoms with van der Waals surface area (Å²) in [5.41, 5.74) is 1.31. The minimum atomic E-state index is 0.382. The van der Waals surface area contributed by atoms with Gasteiger partial charge in [0.2, 0.25) is 0 Å². The lowest BCUT2D eigenvalue weighted by Crippen LogP contribution is -2.24. The Balaban J connectivity index is 2.09. The predicted octanol–water partition coefficient (Wildman–Crippen LogP) is 5.59. The summed E-state index contributed by atoms with van der Waals surface area (Å²) in [4.78, 5) is 1.38. The zero-order chi connectivity index (χ0) is 13.7. The topological polar surface area (TPSA) is 12.0 Å². The van der Waals surface area contributed by atoms with Gasteiger partial charge in [0.15, 0.2) is 0 Å². The van der Waals surface area contributed by atoms with Crippen molar-refractivity contribution in [3.05, 3.63) is 57.2 Å². The van der Waals surface area contributed by atoms with Gasteiger partial charge >= 0.3 is 0 Å². The molecule has 1 nitrogen and oxygen atoms in total. The second-order valence-electron chi connectivity index (χ2n) is 4.80. The van der Waals surface area contributed by atoms with Gasteiger partial charge in [-0.05, 0) is 42.5 Å². The maximum absolute atomic E-state index is 5.96. The van der Waals surface area contributed by atoms with Gasteiger partial charge in [-0.2, -0.15) is 0 Å². The van der Waals surface area contributed by atoms with Crippen LogP contribution in [0.2, 0.25) is 5.02 Å². The highest BCUT2D eigenvalue weighted by molar-refractivity contribution is 7.10. The lowest BCUT2D eigenvalue weighted by Gasteiger charge is -2.23. The molecule has 2 atom stereocenters. The minimum absolute atomic E-state index is 0.382. The molecule has 2 rings (SSSR count). The molecule has 1 aromatic carbocycles. The molecule has 1 N–H and O–H groups in total. The zero-order valence-electron chi connectivity index (χ0n) is 11.4. The summed E-state index contributed by atoms with van der Waals surface area (Å²) in [7, 11) is 0. The number of rotatable bonds is 6. The third-order valence-corrected chi connectivity index (χ3v) is 4.58. The van der Waals surface area contributed by atoms with E-state index in [1.165, 1.54) is 10.4 Å². The van der Waals surface area contributed by atoms with Crippen LogP contribution in [0.4, 0.5) is 0 Å². The van der Waals surface area contributed by atoms with Crippen LogP contribution in [0.25, 0.3) is 0 Å². The fourth-order valence-corrected chi connectivity index (χ4v) is 3.12. The molecule has 3 heteroatoms. The Morgan fingerprint density at radius 3 is 2.53 bits per heavy atom. The Kier molecular flexibility index (Phi) is 5.44. The normalized spacial score (nSPS) is 14.3. The lowest BCUT2D eigenvalue weighted by molar-refractivity contribution is 0.443. The van der Waals surface area contributed by atoms with Crippen molar-refractivity contribution in [3.63, 3.8) is 0 Å². The van der Waals surface area contributed by atoms with E-state index in [-0.39, 0.29) is 0 Å². The molecule has 1 heterocycles. The van der Waals surface area contributed by atoms with Crippen molar-refractivity contribution in [1.82, 2.24) is 5.32 Å². The monoisotopic (exact) mass is 293 g/mol. The van der Waals surface area contributed by atoms with E-state index < -0.39 is 0 Å². The Labute approximate surface area is 124 Å². The molecule has 0 radical (unpaired) electrons. The number of hydrogen-bond donors (Lipinski definition) is 1. The van der Waals surface area contributed by atoms with E-state index in [1.54, 1.807) is 11.3 Å². The minimum Gasteiger partial charge on any atom is -0.303 e. The molecule has 0 aliphatic rings. The van der Waals surface area contributed by atoms with E-state index in [1.807, 2.05) is 12.1 Å². The Hall–Kier alpha value is -0.830. The molecule has 2 aromatic rings. The van der Waals surface area contributed by atoms with E-state index in [2.05, 4.69) is 48.8 Å². The number of nitrogens with one attached hydrogen (secondary N) is 1.